The maximum absolute atomic E-state index is 5.83. The molecule has 15 heavy (non-hydrogen) atoms. The maximum Gasteiger partial charge on any atom is 0.0780 e. The lowest BCUT2D eigenvalue weighted by molar-refractivity contribution is 0.0128. The second-order valence-corrected chi connectivity index (χ2v) is 3.87. The van der Waals surface area contributed by atoms with Gasteiger partial charge in [-0.05, 0) is 5.56 Å². The predicted molar refractivity (Wildman–Crippen MR) is 60.8 cm³/mol. The first kappa shape index (κ1) is 10.6. The van der Waals surface area contributed by atoms with E-state index in [0.717, 1.165) is 19.7 Å². The van der Waals surface area contributed by atoms with Crippen molar-refractivity contribution in [2.45, 2.75) is 12.0 Å². The zero-order valence-electron chi connectivity index (χ0n) is 8.86. The molecule has 2 rings (SSSR count). The molecule has 1 aromatic rings. The molecular formula is C12H18N2O. The van der Waals surface area contributed by atoms with Gasteiger partial charge in [-0.2, -0.15) is 0 Å². The smallest absolute Gasteiger partial charge is 0.0780 e. The fraction of sp³-hybridized carbons (Fsp3) is 0.500. The van der Waals surface area contributed by atoms with Gasteiger partial charge in [-0.25, -0.2) is 0 Å². The number of hydrogen-bond acceptors (Lipinski definition) is 3. The minimum absolute atomic E-state index is 0.214. The molecule has 3 heteroatoms. The Balaban J connectivity index is 2.09. The van der Waals surface area contributed by atoms with E-state index in [1.165, 1.54) is 5.56 Å². The SMILES string of the molecule is NCC(c1ccccc1)C1CNCCO1. The quantitative estimate of drug-likeness (QED) is 0.766. The summed E-state index contributed by atoms with van der Waals surface area (Å²) in [7, 11) is 0. The van der Waals surface area contributed by atoms with Crippen molar-refractivity contribution >= 4 is 0 Å². The molecule has 3 nitrogen and oxygen atoms in total. The number of rotatable bonds is 3. The molecule has 1 aliphatic rings. The number of nitrogens with two attached hydrogens (primary N) is 1. The van der Waals surface area contributed by atoms with E-state index >= 15 is 0 Å². The Morgan fingerprint density at radius 1 is 1.40 bits per heavy atom. The van der Waals surface area contributed by atoms with Gasteiger partial charge in [0.2, 0.25) is 0 Å². The van der Waals surface area contributed by atoms with Crippen LogP contribution in [-0.4, -0.2) is 32.3 Å². The van der Waals surface area contributed by atoms with E-state index in [2.05, 4.69) is 17.4 Å². The highest BCUT2D eigenvalue weighted by atomic mass is 16.5. The lowest BCUT2D eigenvalue weighted by atomic mass is 9.93. The van der Waals surface area contributed by atoms with Gasteiger partial charge in [-0.3, -0.25) is 0 Å². The lowest BCUT2D eigenvalue weighted by Gasteiger charge is -2.30. The third-order valence-corrected chi connectivity index (χ3v) is 2.89. The van der Waals surface area contributed by atoms with Crippen molar-refractivity contribution in [1.82, 2.24) is 5.32 Å². The third kappa shape index (κ3) is 2.56. The van der Waals surface area contributed by atoms with E-state index in [0.29, 0.717) is 12.5 Å². The van der Waals surface area contributed by atoms with Crippen molar-refractivity contribution < 1.29 is 4.74 Å². The highest BCUT2D eigenvalue weighted by Crippen LogP contribution is 2.21. The minimum atomic E-state index is 0.214. The minimum Gasteiger partial charge on any atom is -0.375 e. The van der Waals surface area contributed by atoms with Gasteiger partial charge in [0.1, 0.15) is 0 Å². The summed E-state index contributed by atoms with van der Waals surface area (Å²) in [6.45, 7) is 3.27. The van der Waals surface area contributed by atoms with Crippen LogP contribution in [0.15, 0.2) is 30.3 Å². The van der Waals surface area contributed by atoms with Crippen molar-refractivity contribution in [1.29, 1.82) is 0 Å². The van der Waals surface area contributed by atoms with Crippen LogP contribution in [0.2, 0.25) is 0 Å². The maximum atomic E-state index is 5.83. The van der Waals surface area contributed by atoms with Gasteiger partial charge < -0.3 is 15.8 Å². The average Bonchev–Trinajstić information content (AvgIpc) is 2.33. The summed E-state index contributed by atoms with van der Waals surface area (Å²) in [6.07, 6.45) is 0.214. The fourth-order valence-corrected chi connectivity index (χ4v) is 2.05. The van der Waals surface area contributed by atoms with Gasteiger partial charge >= 0.3 is 0 Å². The highest BCUT2D eigenvalue weighted by molar-refractivity contribution is 5.21. The third-order valence-electron chi connectivity index (χ3n) is 2.89. The van der Waals surface area contributed by atoms with Gasteiger partial charge in [0, 0.05) is 25.6 Å². The molecule has 0 radical (unpaired) electrons. The number of morpholine rings is 1. The number of benzene rings is 1. The summed E-state index contributed by atoms with van der Waals surface area (Å²) >= 11 is 0. The van der Waals surface area contributed by atoms with Gasteiger partial charge in [0.15, 0.2) is 0 Å². The van der Waals surface area contributed by atoms with Crippen LogP contribution >= 0.6 is 0 Å². The molecule has 1 aromatic carbocycles. The van der Waals surface area contributed by atoms with Crippen molar-refractivity contribution in [2.24, 2.45) is 5.73 Å². The first-order chi connectivity index (χ1) is 7.42. The molecule has 0 aromatic heterocycles. The van der Waals surface area contributed by atoms with Crippen LogP contribution in [-0.2, 0) is 4.74 Å². The summed E-state index contributed by atoms with van der Waals surface area (Å²) in [5, 5.41) is 3.34. The van der Waals surface area contributed by atoms with Crippen LogP contribution in [0.5, 0.6) is 0 Å². The Morgan fingerprint density at radius 3 is 2.80 bits per heavy atom. The van der Waals surface area contributed by atoms with Crippen LogP contribution in [0.1, 0.15) is 11.5 Å². The molecular weight excluding hydrogens is 188 g/mol. The van der Waals surface area contributed by atoms with E-state index in [1.54, 1.807) is 0 Å². The zero-order valence-corrected chi connectivity index (χ0v) is 8.86. The summed E-state index contributed by atoms with van der Waals surface area (Å²) in [4.78, 5) is 0. The molecule has 1 aliphatic heterocycles. The number of hydrogen-bond donors (Lipinski definition) is 2. The monoisotopic (exact) mass is 206 g/mol. The predicted octanol–water partition coefficient (Wildman–Crippen LogP) is 0.717. The molecule has 2 unspecified atom stereocenters. The number of nitrogens with one attached hydrogen (secondary N) is 1. The van der Waals surface area contributed by atoms with Crippen LogP contribution in [0.3, 0.4) is 0 Å². The summed E-state index contributed by atoms with van der Waals surface area (Å²) in [5.74, 6) is 0.305. The van der Waals surface area contributed by atoms with Crippen molar-refractivity contribution in [2.75, 3.05) is 26.2 Å². The Kier molecular flexibility index (Phi) is 3.72. The molecule has 1 saturated heterocycles. The molecule has 0 aliphatic carbocycles. The molecule has 0 spiro atoms. The van der Waals surface area contributed by atoms with E-state index < -0.39 is 0 Å². The van der Waals surface area contributed by atoms with E-state index in [9.17, 15) is 0 Å². The summed E-state index contributed by atoms with van der Waals surface area (Å²) in [5.41, 5.74) is 7.10. The Morgan fingerprint density at radius 2 is 2.20 bits per heavy atom. The lowest BCUT2D eigenvalue weighted by Crippen LogP contribution is -2.43. The average molecular weight is 206 g/mol. The molecule has 0 saturated carbocycles. The first-order valence-electron chi connectivity index (χ1n) is 5.49. The molecule has 2 atom stereocenters. The van der Waals surface area contributed by atoms with Crippen LogP contribution < -0.4 is 11.1 Å². The van der Waals surface area contributed by atoms with E-state index in [1.807, 2.05) is 18.2 Å². The Bertz CT molecular complexity index is 283. The molecule has 0 amide bonds. The zero-order chi connectivity index (χ0) is 10.5. The van der Waals surface area contributed by atoms with Gasteiger partial charge in [0.25, 0.3) is 0 Å². The normalized spacial score (nSPS) is 23.7. The Labute approximate surface area is 90.6 Å². The van der Waals surface area contributed by atoms with E-state index in [4.69, 9.17) is 10.5 Å². The molecule has 1 heterocycles. The molecule has 0 bridgehead atoms. The van der Waals surface area contributed by atoms with Gasteiger partial charge in [0.05, 0.1) is 12.7 Å². The molecule has 3 N–H and O–H groups in total. The fourth-order valence-electron chi connectivity index (χ4n) is 2.05. The van der Waals surface area contributed by atoms with Crippen LogP contribution in [0.4, 0.5) is 0 Å². The first-order valence-corrected chi connectivity index (χ1v) is 5.49. The van der Waals surface area contributed by atoms with E-state index in [-0.39, 0.29) is 6.10 Å². The molecule has 1 fully saturated rings. The number of ether oxygens (including phenoxy) is 1. The van der Waals surface area contributed by atoms with Crippen LogP contribution in [0, 0.1) is 0 Å². The van der Waals surface area contributed by atoms with Crippen molar-refractivity contribution in [3.05, 3.63) is 35.9 Å². The van der Waals surface area contributed by atoms with Gasteiger partial charge in [-0.1, -0.05) is 30.3 Å². The van der Waals surface area contributed by atoms with Gasteiger partial charge in [-0.15, -0.1) is 0 Å². The standard InChI is InChI=1S/C12H18N2O/c13-8-11(10-4-2-1-3-5-10)12-9-14-6-7-15-12/h1-5,11-12,14H,6-9,13H2. The van der Waals surface area contributed by atoms with Crippen LogP contribution in [0.25, 0.3) is 0 Å². The summed E-state index contributed by atoms with van der Waals surface area (Å²) in [6, 6.07) is 10.4. The second-order valence-electron chi connectivity index (χ2n) is 3.87. The second kappa shape index (κ2) is 5.26. The highest BCUT2D eigenvalue weighted by Gasteiger charge is 2.24. The summed E-state index contributed by atoms with van der Waals surface area (Å²) < 4.78 is 5.74. The Hall–Kier alpha value is -0.900. The molecule has 82 valence electrons. The van der Waals surface area contributed by atoms with Crippen molar-refractivity contribution in [3.8, 4) is 0 Å². The topological polar surface area (TPSA) is 47.3 Å². The van der Waals surface area contributed by atoms with Crippen molar-refractivity contribution in [3.63, 3.8) is 0 Å². The largest absolute Gasteiger partial charge is 0.375 e.